The first-order chi connectivity index (χ1) is 18.7. The first kappa shape index (κ1) is 29.1. The number of thiazole rings is 1. The Morgan fingerprint density at radius 3 is 2.51 bits per heavy atom. The van der Waals surface area contributed by atoms with E-state index >= 15 is 0 Å². The molecule has 0 aliphatic rings. The first-order valence-corrected chi connectivity index (χ1v) is 14.9. The van der Waals surface area contributed by atoms with Crippen LogP contribution < -0.4 is 10.6 Å². The van der Waals surface area contributed by atoms with Gasteiger partial charge in [0.15, 0.2) is 16.1 Å². The third-order valence-corrected chi connectivity index (χ3v) is 8.17. The van der Waals surface area contributed by atoms with E-state index in [0.29, 0.717) is 33.2 Å². The second-order valence-electron chi connectivity index (χ2n) is 9.15. The minimum absolute atomic E-state index is 0.0169. The van der Waals surface area contributed by atoms with Gasteiger partial charge in [0.1, 0.15) is 0 Å². The van der Waals surface area contributed by atoms with Gasteiger partial charge in [-0.15, -0.1) is 21.5 Å². The second-order valence-corrected chi connectivity index (χ2v) is 11.8. The van der Waals surface area contributed by atoms with E-state index in [-0.39, 0.29) is 28.5 Å². The van der Waals surface area contributed by atoms with Gasteiger partial charge in [-0.1, -0.05) is 78.6 Å². The number of anilines is 1. The summed E-state index contributed by atoms with van der Waals surface area (Å²) < 4.78 is 1.91. The highest BCUT2D eigenvalue weighted by Gasteiger charge is 2.27. The molecule has 8 nitrogen and oxygen atoms in total. The quantitative estimate of drug-likeness (QED) is 0.191. The molecule has 4 rings (SSSR count). The van der Waals surface area contributed by atoms with Gasteiger partial charge in [0.05, 0.1) is 28.1 Å². The number of nitrogens with zero attached hydrogens (tertiary/aromatic N) is 4. The molecular formula is C27H28Cl2N6O2S2. The Hall–Kier alpha value is -2.92. The molecule has 0 fully saturated rings. The van der Waals surface area contributed by atoms with Crippen LogP contribution in [-0.4, -0.2) is 37.3 Å². The lowest BCUT2D eigenvalue weighted by Gasteiger charge is -2.22. The van der Waals surface area contributed by atoms with Crippen molar-refractivity contribution in [3.63, 3.8) is 0 Å². The van der Waals surface area contributed by atoms with Crippen molar-refractivity contribution in [1.29, 1.82) is 0 Å². The number of benzene rings is 2. The number of carbonyl (C=O) groups excluding carboxylic acids is 2. The molecule has 12 heteroatoms. The summed E-state index contributed by atoms with van der Waals surface area (Å²) in [7, 11) is 0. The third-order valence-electron chi connectivity index (χ3n) is 5.90. The predicted octanol–water partition coefficient (Wildman–Crippen LogP) is 6.89. The van der Waals surface area contributed by atoms with E-state index in [2.05, 4.69) is 25.8 Å². The minimum Gasteiger partial charge on any atom is -0.342 e. The molecule has 2 N–H and O–H groups in total. The summed E-state index contributed by atoms with van der Waals surface area (Å²) in [4.78, 5) is 30.2. The first-order valence-electron chi connectivity index (χ1n) is 12.3. The lowest BCUT2D eigenvalue weighted by molar-refractivity contribution is -0.113. The number of halogens is 2. The number of amides is 2. The molecule has 39 heavy (non-hydrogen) atoms. The van der Waals surface area contributed by atoms with Crippen molar-refractivity contribution in [2.75, 3.05) is 11.1 Å². The molecule has 0 aliphatic carbocycles. The van der Waals surface area contributed by atoms with E-state index in [1.54, 1.807) is 12.1 Å². The van der Waals surface area contributed by atoms with E-state index < -0.39 is 6.04 Å². The van der Waals surface area contributed by atoms with Crippen molar-refractivity contribution in [3.05, 3.63) is 74.8 Å². The Balaban J connectivity index is 1.41. The van der Waals surface area contributed by atoms with Crippen LogP contribution in [0.15, 0.2) is 53.0 Å². The molecule has 0 aliphatic heterocycles. The molecule has 2 aromatic carbocycles. The van der Waals surface area contributed by atoms with Crippen LogP contribution >= 0.6 is 46.3 Å². The van der Waals surface area contributed by atoms with Crippen LogP contribution in [0.3, 0.4) is 0 Å². The molecule has 204 valence electrons. The smallest absolute Gasteiger partial charge is 0.253 e. The van der Waals surface area contributed by atoms with Crippen LogP contribution in [0, 0.1) is 12.8 Å². The van der Waals surface area contributed by atoms with Crippen LogP contribution in [0.1, 0.15) is 48.6 Å². The number of hydrogen-bond donors (Lipinski definition) is 2. The van der Waals surface area contributed by atoms with E-state index in [9.17, 15) is 9.59 Å². The zero-order chi connectivity index (χ0) is 28.1. The van der Waals surface area contributed by atoms with Crippen molar-refractivity contribution in [1.82, 2.24) is 25.1 Å². The SMILES string of the molecule is CCn1c(SCC(=O)Nc2nc(-c3ccc(C)cc3)cs2)nnc1[C@@H](NC(=O)c1ccc(Cl)cc1Cl)C(C)C. The van der Waals surface area contributed by atoms with Gasteiger partial charge in [-0.25, -0.2) is 4.98 Å². The zero-order valence-corrected chi connectivity index (χ0v) is 25.0. The van der Waals surface area contributed by atoms with Crippen LogP contribution in [0.2, 0.25) is 10.0 Å². The molecule has 2 aromatic heterocycles. The fourth-order valence-corrected chi connectivity index (χ4v) is 5.87. The van der Waals surface area contributed by atoms with Crippen LogP contribution in [-0.2, 0) is 11.3 Å². The number of rotatable bonds is 10. The molecule has 0 radical (unpaired) electrons. The van der Waals surface area contributed by atoms with Gasteiger partial charge in [-0.2, -0.15) is 0 Å². The summed E-state index contributed by atoms with van der Waals surface area (Å²) in [5, 5.41) is 18.4. The number of aromatic nitrogens is 4. The van der Waals surface area contributed by atoms with Crippen molar-refractivity contribution in [2.24, 2.45) is 5.92 Å². The van der Waals surface area contributed by atoms with Crippen LogP contribution in [0.5, 0.6) is 0 Å². The lowest BCUT2D eigenvalue weighted by Crippen LogP contribution is -2.34. The summed E-state index contributed by atoms with van der Waals surface area (Å²) in [5.41, 5.74) is 3.32. The summed E-state index contributed by atoms with van der Waals surface area (Å²) >= 11 is 14.9. The third kappa shape index (κ3) is 7.19. The lowest BCUT2D eigenvalue weighted by atomic mass is 10.0. The monoisotopic (exact) mass is 602 g/mol. The number of aryl methyl sites for hydroxylation is 1. The van der Waals surface area contributed by atoms with E-state index in [4.69, 9.17) is 23.2 Å². The maximum atomic E-state index is 13.0. The summed E-state index contributed by atoms with van der Waals surface area (Å²) in [5.74, 6) is 0.238. The van der Waals surface area contributed by atoms with Gasteiger partial charge in [0, 0.05) is 22.5 Å². The van der Waals surface area contributed by atoms with Crippen molar-refractivity contribution in [3.8, 4) is 11.3 Å². The van der Waals surface area contributed by atoms with Crippen LogP contribution in [0.4, 0.5) is 5.13 Å². The summed E-state index contributed by atoms with van der Waals surface area (Å²) in [6.45, 7) is 8.55. The fraction of sp³-hybridized carbons (Fsp3) is 0.296. The Morgan fingerprint density at radius 2 is 1.85 bits per heavy atom. The van der Waals surface area contributed by atoms with Crippen molar-refractivity contribution >= 4 is 63.2 Å². The molecule has 4 aromatic rings. The standard InChI is InChI=1S/C27H28Cl2N6O2S2/c1-5-35-24(23(15(2)3)32-25(37)19-11-10-18(28)12-20(19)29)33-34-27(35)39-14-22(36)31-26-30-21(13-38-26)17-8-6-16(4)7-9-17/h6-13,15,23H,5,14H2,1-4H3,(H,32,37)(H,30,31,36)/t23-/m0/s1. The largest absolute Gasteiger partial charge is 0.342 e. The molecule has 0 saturated heterocycles. The average Bonchev–Trinajstić information content (AvgIpc) is 3.53. The van der Waals surface area contributed by atoms with Gasteiger partial charge in [-0.05, 0) is 38.0 Å². The van der Waals surface area contributed by atoms with Gasteiger partial charge >= 0.3 is 0 Å². The number of hydrogen-bond acceptors (Lipinski definition) is 7. The molecule has 1 atom stereocenters. The Bertz CT molecular complexity index is 1470. The average molecular weight is 604 g/mol. The molecule has 0 unspecified atom stereocenters. The summed E-state index contributed by atoms with van der Waals surface area (Å²) in [6.07, 6.45) is 0. The molecule has 2 heterocycles. The van der Waals surface area contributed by atoms with Crippen LogP contribution in [0.25, 0.3) is 11.3 Å². The van der Waals surface area contributed by atoms with Gasteiger partial charge in [0.25, 0.3) is 5.91 Å². The maximum Gasteiger partial charge on any atom is 0.253 e. The Morgan fingerprint density at radius 1 is 1.10 bits per heavy atom. The van der Waals surface area contributed by atoms with Crippen molar-refractivity contribution in [2.45, 2.75) is 45.4 Å². The topological polar surface area (TPSA) is 102 Å². The Labute approximate surface area is 245 Å². The van der Waals surface area contributed by atoms with Gasteiger partial charge in [0.2, 0.25) is 5.91 Å². The number of thioether (sulfide) groups is 1. The Kier molecular flexibility index (Phi) is 9.66. The van der Waals surface area contributed by atoms with Crippen molar-refractivity contribution < 1.29 is 9.59 Å². The molecule has 0 spiro atoms. The molecule has 0 saturated carbocycles. The zero-order valence-electron chi connectivity index (χ0n) is 21.9. The highest BCUT2D eigenvalue weighted by Crippen LogP contribution is 2.28. The minimum atomic E-state index is -0.421. The van der Waals surface area contributed by atoms with E-state index in [1.165, 1.54) is 34.7 Å². The fourth-order valence-electron chi connectivity index (χ4n) is 3.83. The van der Waals surface area contributed by atoms with E-state index in [1.807, 2.05) is 61.9 Å². The molecule has 2 amide bonds. The van der Waals surface area contributed by atoms with Gasteiger partial charge < -0.3 is 15.2 Å². The maximum absolute atomic E-state index is 13.0. The van der Waals surface area contributed by atoms with Gasteiger partial charge in [-0.3, -0.25) is 9.59 Å². The highest BCUT2D eigenvalue weighted by molar-refractivity contribution is 7.99. The number of nitrogens with one attached hydrogen (secondary N) is 2. The highest BCUT2D eigenvalue weighted by atomic mass is 35.5. The normalized spacial score (nSPS) is 12.0. The predicted molar refractivity (Wildman–Crippen MR) is 159 cm³/mol. The van der Waals surface area contributed by atoms with E-state index in [0.717, 1.165) is 11.3 Å². The summed E-state index contributed by atoms with van der Waals surface area (Å²) in [6, 6.07) is 12.4. The molecular weight excluding hydrogens is 575 g/mol. The second kappa shape index (κ2) is 13.0. The molecule has 0 bridgehead atoms. The number of carbonyl (C=O) groups is 2.